The number of aliphatic hydroxyl groups is 2. The van der Waals surface area contributed by atoms with Crippen LogP contribution in [-0.4, -0.2) is 22.9 Å². The second-order valence-electron chi connectivity index (χ2n) is 4.31. The van der Waals surface area contributed by atoms with Gasteiger partial charge in [0.1, 0.15) is 0 Å². The van der Waals surface area contributed by atoms with Crippen LogP contribution in [0.1, 0.15) is 33.1 Å². The summed E-state index contributed by atoms with van der Waals surface area (Å²) >= 11 is 0. The summed E-state index contributed by atoms with van der Waals surface area (Å²) < 4.78 is 0. The average molecular weight is 172 g/mol. The Labute approximate surface area is 74.6 Å². The molecule has 0 amide bonds. The smallest absolute Gasteiger partial charge is 0.0574 e. The van der Waals surface area contributed by atoms with E-state index in [9.17, 15) is 5.11 Å². The van der Waals surface area contributed by atoms with E-state index in [1.807, 2.05) is 6.92 Å². The summed E-state index contributed by atoms with van der Waals surface area (Å²) in [6, 6.07) is 0. The molecule has 1 aliphatic carbocycles. The molecule has 0 saturated heterocycles. The predicted molar refractivity (Wildman–Crippen MR) is 48.8 cm³/mol. The zero-order valence-corrected chi connectivity index (χ0v) is 8.03. The molecule has 0 bridgehead atoms. The molecule has 1 saturated carbocycles. The van der Waals surface area contributed by atoms with Crippen LogP contribution in [-0.2, 0) is 0 Å². The molecule has 0 radical (unpaired) electrons. The normalized spacial score (nSPS) is 39.5. The maximum atomic E-state index is 9.73. The highest BCUT2D eigenvalue weighted by Gasteiger charge is 2.30. The predicted octanol–water partition coefficient (Wildman–Crippen LogP) is 1.41. The highest BCUT2D eigenvalue weighted by Crippen LogP contribution is 2.33. The van der Waals surface area contributed by atoms with E-state index >= 15 is 0 Å². The van der Waals surface area contributed by atoms with Gasteiger partial charge in [-0.05, 0) is 30.6 Å². The lowest BCUT2D eigenvalue weighted by atomic mass is 9.75. The monoisotopic (exact) mass is 172 g/mol. The van der Waals surface area contributed by atoms with Crippen LogP contribution < -0.4 is 0 Å². The first-order valence-corrected chi connectivity index (χ1v) is 4.94. The minimum Gasteiger partial charge on any atom is -0.396 e. The summed E-state index contributed by atoms with van der Waals surface area (Å²) in [6.45, 7) is 4.41. The number of aliphatic hydroxyl groups excluding tert-OH is 2. The molecule has 4 atom stereocenters. The van der Waals surface area contributed by atoms with Gasteiger partial charge in [0.05, 0.1) is 6.10 Å². The van der Waals surface area contributed by atoms with E-state index in [-0.39, 0.29) is 18.6 Å². The first-order chi connectivity index (χ1) is 5.65. The van der Waals surface area contributed by atoms with Crippen molar-refractivity contribution >= 4 is 0 Å². The Balaban J connectivity index is 2.44. The summed E-state index contributed by atoms with van der Waals surface area (Å²) in [5.41, 5.74) is 0. The number of hydrogen-bond donors (Lipinski definition) is 2. The third-order valence-electron chi connectivity index (χ3n) is 3.15. The lowest BCUT2D eigenvalue weighted by Gasteiger charge is -2.34. The molecule has 0 aromatic rings. The van der Waals surface area contributed by atoms with Crippen LogP contribution in [0.3, 0.4) is 0 Å². The van der Waals surface area contributed by atoms with Crippen molar-refractivity contribution in [2.75, 3.05) is 6.61 Å². The summed E-state index contributed by atoms with van der Waals surface area (Å²) in [5, 5.41) is 18.7. The topological polar surface area (TPSA) is 40.5 Å². The fourth-order valence-corrected chi connectivity index (χ4v) is 2.17. The second-order valence-corrected chi connectivity index (χ2v) is 4.31. The van der Waals surface area contributed by atoms with Gasteiger partial charge in [0.15, 0.2) is 0 Å². The molecule has 0 aliphatic heterocycles. The van der Waals surface area contributed by atoms with Gasteiger partial charge in [-0.2, -0.15) is 0 Å². The van der Waals surface area contributed by atoms with Crippen LogP contribution in [0.2, 0.25) is 0 Å². The Hall–Kier alpha value is -0.0800. The molecule has 12 heavy (non-hydrogen) atoms. The lowest BCUT2D eigenvalue weighted by molar-refractivity contribution is 0.00804. The molecule has 3 unspecified atom stereocenters. The Kier molecular flexibility index (Phi) is 3.53. The van der Waals surface area contributed by atoms with Gasteiger partial charge in [0.2, 0.25) is 0 Å². The fraction of sp³-hybridized carbons (Fsp3) is 1.00. The molecule has 2 N–H and O–H groups in total. The van der Waals surface area contributed by atoms with Gasteiger partial charge in [-0.3, -0.25) is 0 Å². The quantitative estimate of drug-likeness (QED) is 0.661. The Morgan fingerprint density at radius 3 is 2.58 bits per heavy atom. The molecule has 2 nitrogen and oxygen atoms in total. The van der Waals surface area contributed by atoms with Gasteiger partial charge in [0.25, 0.3) is 0 Å². The molecular weight excluding hydrogens is 152 g/mol. The number of hydrogen-bond acceptors (Lipinski definition) is 2. The first kappa shape index (κ1) is 10.0. The van der Waals surface area contributed by atoms with E-state index in [1.54, 1.807) is 0 Å². The van der Waals surface area contributed by atoms with Gasteiger partial charge in [-0.1, -0.05) is 20.3 Å². The first-order valence-electron chi connectivity index (χ1n) is 4.94. The van der Waals surface area contributed by atoms with Gasteiger partial charge in [-0.25, -0.2) is 0 Å². The van der Waals surface area contributed by atoms with Gasteiger partial charge in [-0.15, -0.1) is 0 Å². The largest absolute Gasteiger partial charge is 0.396 e. The van der Waals surface area contributed by atoms with Gasteiger partial charge in [0, 0.05) is 6.61 Å². The molecule has 2 heteroatoms. The standard InChI is InChI=1S/C10H20O2/c1-7-3-4-9(8(2)6-11)10(12)5-7/h7-12H,3-6H2,1-2H3/t7?,8-,9?,10?/m1/s1. The van der Waals surface area contributed by atoms with E-state index in [1.165, 1.54) is 6.42 Å². The van der Waals surface area contributed by atoms with Crippen LogP contribution >= 0.6 is 0 Å². The molecular formula is C10H20O2. The van der Waals surface area contributed by atoms with E-state index in [0.717, 1.165) is 12.8 Å². The second kappa shape index (κ2) is 4.24. The van der Waals surface area contributed by atoms with Crippen molar-refractivity contribution in [2.24, 2.45) is 17.8 Å². The third-order valence-corrected chi connectivity index (χ3v) is 3.15. The molecule has 1 aliphatic rings. The van der Waals surface area contributed by atoms with Crippen molar-refractivity contribution in [2.45, 2.75) is 39.2 Å². The van der Waals surface area contributed by atoms with Crippen LogP contribution in [0.25, 0.3) is 0 Å². The maximum absolute atomic E-state index is 9.73. The minimum atomic E-state index is -0.184. The summed E-state index contributed by atoms with van der Waals surface area (Å²) in [4.78, 5) is 0. The molecule has 1 rings (SSSR count). The SMILES string of the molecule is CC1CCC([C@H](C)CO)C(O)C1. The highest BCUT2D eigenvalue weighted by atomic mass is 16.3. The van der Waals surface area contributed by atoms with E-state index in [4.69, 9.17) is 5.11 Å². The maximum Gasteiger partial charge on any atom is 0.0574 e. The molecule has 1 fully saturated rings. The molecule has 72 valence electrons. The summed E-state index contributed by atoms with van der Waals surface area (Å²) in [5.74, 6) is 1.24. The fourth-order valence-electron chi connectivity index (χ4n) is 2.17. The van der Waals surface area contributed by atoms with Gasteiger partial charge >= 0.3 is 0 Å². The van der Waals surface area contributed by atoms with Crippen LogP contribution in [0.4, 0.5) is 0 Å². The Morgan fingerprint density at radius 2 is 2.08 bits per heavy atom. The lowest BCUT2D eigenvalue weighted by Crippen LogP contribution is -2.34. The number of rotatable bonds is 2. The van der Waals surface area contributed by atoms with Crippen molar-refractivity contribution in [3.63, 3.8) is 0 Å². The summed E-state index contributed by atoms with van der Waals surface area (Å²) in [7, 11) is 0. The highest BCUT2D eigenvalue weighted by molar-refractivity contribution is 4.80. The van der Waals surface area contributed by atoms with Crippen molar-refractivity contribution in [3.8, 4) is 0 Å². The molecule has 0 aromatic heterocycles. The third kappa shape index (κ3) is 2.20. The van der Waals surface area contributed by atoms with Gasteiger partial charge < -0.3 is 10.2 Å². The van der Waals surface area contributed by atoms with E-state index < -0.39 is 0 Å². The molecule has 0 aromatic carbocycles. The van der Waals surface area contributed by atoms with Crippen LogP contribution in [0.5, 0.6) is 0 Å². The zero-order chi connectivity index (χ0) is 9.14. The zero-order valence-electron chi connectivity index (χ0n) is 8.03. The van der Waals surface area contributed by atoms with E-state index in [2.05, 4.69) is 6.92 Å². The van der Waals surface area contributed by atoms with Crippen molar-refractivity contribution in [3.05, 3.63) is 0 Å². The Bertz CT molecular complexity index is 136. The minimum absolute atomic E-state index is 0.184. The average Bonchev–Trinajstić information content (AvgIpc) is 2.03. The van der Waals surface area contributed by atoms with Crippen molar-refractivity contribution in [1.82, 2.24) is 0 Å². The molecule has 0 heterocycles. The van der Waals surface area contributed by atoms with Crippen molar-refractivity contribution < 1.29 is 10.2 Å². The summed E-state index contributed by atoms with van der Waals surface area (Å²) in [6.07, 6.45) is 3.00. The van der Waals surface area contributed by atoms with Crippen molar-refractivity contribution in [1.29, 1.82) is 0 Å². The Morgan fingerprint density at radius 1 is 1.42 bits per heavy atom. The van der Waals surface area contributed by atoms with E-state index in [0.29, 0.717) is 11.8 Å². The molecule has 0 spiro atoms. The van der Waals surface area contributed by atoms with Crippen LogP contribution in [0, 0.1) is 17.8 Å². The van der Waals surface area contributed by atoms with Crippen LogP contribution in [0.15, 0.2) is 0 Å².